The van der Waals surface area contributed by atoms with Gasteiger partial charge in [-0.25, -0.2) is 13.8 Å². The number of pyridine rings is 1. The number of hydrogen-bond acceptors (Lipinski definition) is 6. The number of fused-ring (bicyclic) bond motifs is 1. The number of imidazole rings is 1. The number of rotatable bonds is 9. The van der Waals surface area contributed by atoms with Gasteiger partial charge in [-0.1, -0.05) is 6.07 Å². The first-order valence-electron chi connectivity index (χ1n) is 10.9. The zero-order chi connectivity index (χ0) is 25.2. The molecule has 0 saturated carbocycles. The van der Waals surface area contributed by atoms with Crippen LogP contribution in [-0.2, 0) is 18.7 Å². The average molecular weight is 485 g/mol. The standard InChI is InChI=1S/C24H25F2N5O4/c1-3-30-11-16(10-27-30)24(13-32,14-33)29-23(34)21-15(2)28-22-20(8-5-9-31(21)22)35-12-17-18(25)6-4-7-19(17)26/h4-11,32-33H,3,12-14H2,1-2H3,(H,29,34). The summed E-state index contributed by atoms with van der Waals surface area (Å²) in [6.07, 6.45) is 4.71. The summed E-state index contributed by atoms with van der Waals surface area (Å²) in [6.45, 7) is 2.58. The van der Waals surface area contributed by atoms with Crippen molar-refractivity contribution in [2.24, 2.45) is 0 Å². The topological polar surface area (TPSA) is 114 Å². The molecule has 0 aliphatic rings. The molecule has 0 saturated heterocycles. The molecule has 0 bridgehead atoms. The second-order valence-corrected chi connectivity index (χ2v) is 8.04. The van der Waals surface area contributed by atoms with Crippen LogP contribution in [0.25, 0.3) is 5.65 Å². The molecule has 35 heavy (non-hydrogen) atoms. The number of amides is 1. The largest absolute Gasteiger partial charge is 0.485 e. The van der Waals surface area contributed by atoms with Gasteiger partial charge in [-0.15, -0.1) is 0 Å². The molecule has 9 nitrogen and oxygen atoms in total. The number of aromatic nitrogens is 4. The molecule has 11 heteroatoms. The minimum atomic E-state index is -1.47. The second kappa shape index (κ2) is 9.80. The smallest absolute Gasteiger partial charge is 0.271 e. The maximum atomic E-state index is 14.0. The van der Waals surface area contributed by atoms with Gasteiger partial charge in [-0.3, -0.25) is 13.9 Å². The van der Waals surface area contributed by atoms with Crippen LogP contribution in [-0.4, -0.2) is 48.5 Å². The molecule has 1 amide bonds. The van der Waals surface area contributed by atoms with Gasteiger partial charge in [0.2, 0.25) is 0 Å². The first-order valence-corrected chi connectivity index (χ1v) is 10.9. The molecule has 0 fully saturated rings. The number of aliphatic hydroxyl groups is 2. The first kappa shape index (κ1) is 24.3. The van der Waals surface area contributed by atoms with Crippen molar-refractivity contribution in [3.05, 3.63) is 83.1 Å². The van der Waals surface area contributed by atoms with E-state index in [0.29, 0.717) is 17.8 Å². The first-order chi connectivity index (χ1) is 16.8. The number of nitrogens with zero attached hydrogens (tertiary/aromatic N) is 4. The summed E-state index contributed by atoms with van der Waals surface area (Å²) >= 11 is 0. The van der Waals surface area contributed by atoms with Crippen LogP contribution in [0.4, 0.5) is 8.78 Å². The van der Waals surface area contributed by atoms with E-state index < -0.39 is 36.3 Å². The van der Waals surface area contributed by atoms with Crippen molar-refractivity contribution in [1.29, 1.82) is 0 Å². The lowest BCUT2D eigenvalue weighted by molar-refractivity contribution is 0.0652. The molecular formula is C24H25F2N5O4. The monoisotopic (exact) mass is 485 g/mol. The molecular weight excluding hydrogens is 460 g/mol. The Kier molecular flexibility index (Phi) is 6.81. The minimum absolute atomic E-state index is 0.150. The second-order valence-electron chi connectivity index (χ2n) is 8.04. The fraction of sp³-hybridized carbons (Fsp3) is 0.292. The molecule has 0 atom stereocenters. The summed E-state index contributed by atoms with van der Waals surface area (Å²) < 4.78 is 36.7. The molecule has 3 N–H and O–H groups in total. The van der Waals surface area contributed by atoms with Crippen molar-refractivity contribution in [3.63, 3.8) is 0 Å². The van der Waals surface area contributed by atoms with E-state index in [2.05, 4.69) is 15.4 Å². The van der Waals surface area contributed by atoms with Gasteiger partial charge in [0.05, 0.1) is 30.7 Å². The highest BCUT2D eigenvalue weighted by Crippen LogP contribution is 2.26. The van der Waals surface area contributed by atoms with Crippen molar-refractivity contribution in [2.45, 2.75) is 32.5 Å². The lowest BCUT2D eigenvalue weighted by Gasteiger charge is -2.30. The van der Waals surface area contributed by atoms with Crippen molar-refractivity contribution in [1.82, 2.24) is 24.5 Å². The van der Waals surface area contributed by atoms with Crippen LogP contribution in [0.3, 0.4) is 0 Å². The average Bonchev–Trinajstić information content (AvgIpc) is 3.47. The third-order valence-electron chi connectivity index (χ3n) is 5.84. The molecule has 1 aromatic carbocycles. The van der Waals surface area contributed by atoms with Crippen molar-refractivity contribution < 1.29 is 28.5 Å². The molecule has 0 radical (unpaired) electrons. The number of aryl methyl sites for hydroxylation is 2. The van der Waals surface area contributed by atoms with Crippen molar-refractivity contribution in [2.75, 3.05) is 13.2 Å². The van der Waals surface area contributed by atoms with Crippen LogP contribution < -0.4 is 10.1 Å². The molecule has 3 heterocycles. The van der Waals surface area contributed by atoms with E-state index in [-0.39, 0.29) is 29.3 Å². The number of nitrogens with one attached hydrogen (secondary N) is 1. The van der Waals surface area contributed by atoms with E-state index >= 15 is 0 Å². The quantitative estimate of drug-likeness (QED) is 0.335. The number of hydrogen-bond donors (Lipinski definition) is 3. The van der Waals surface area contributed by atoms with Gasteiger partial charge < -0.3 is 20.3 Å². The minimum Gasteiger partial charge on any atom is -0.485 e. The summed E-state index contributed by atoms with van der Waals surface area (Å²) in [5.41, 5.74) is -0.484. The zero-order valence-electron chi connectivity index (χ0n) is 19.2. The highest BCUT2D eigenvalue weighted by atomic mass is 19.1. The van der Waals surface area contributed by atoms with E-state index in [0.717, 1.165) is 12.1 Å². The van der Waals surface area contributed by atoms with Gasteiger partial charge in [0.15, 0.2) is 11.4 Å². The lowest BCUT2D eigenvalue weighted by Crippen LogP contribution is -2.51. The van der Waals surface area contributed by atoms with Gasteiger partial charge in [-0.2, -0.15) is 5.10 Å². The molecule has 0 spiro atoms. The molecule has 4 rings (SSSR count). The van der Waals surface area contributed by atoms with Gasteiger partial charge in [0, 0.05) is 24.5 Å². The van der Waals surface area contributed by atoms with Crippen molar-refractivity contribution in [3.8, 4) is 5.75 Å². The summed E-state index contributed by atoms with van der Waals surface area (Å²) in [6, 6.07) is 6.73. The Labute approximate surface area is 199 Å². The van der Waals surface area contributed by atoms with E-state index in [1.54, 1.807) is 36.1 Å². The number of halogens is 2. The Morgan fingerprint density at radius 3 is 2.51 bits per heavy atom. The number of ether oxygens (including phenoxy) is 1. The van der Waals surface area contributed by atoms with Crippen LogP contribution in [0, 0.1) is 18.6 Å². The van der Waals surface area contributed by atoms with Gasteiger partial charge in [0.25, 0.3) is 5.91 Å². The maximum absolute atomic E-state index is 14.0. The van der Waals surface area contributed by atoms with E-state index in [1.807, 2.05) is 6.92 Å². The Morgan fingerprint density at radius 1 is 1.17 bits per heavy atom. The summed E-state index contributed by atoms with van der Waals surface area (Å²) in [5, 5.41) is 27.1. The number of aliphatic hydroxyl groups excluding tert-OH is 2. The van der Waals surface area contributed by atoms with Gasteiger partial charge in [0.1, 0.15) is 29.5 Å². The predicted octanol–water partition coefficient (Wildman–Crippen LogP) is 2.33. The van der Waals surface area contributed by atoms with Crippen LogP contribution in [0.2, 0.25) is 0 Å². The molecule has 184 valence electrons. The highest BCUT2D eigenvalue weighted by molar-refractivity contribution is 5.95. The summed E-state index contributed by atoms with van der Waals surface area (Å²) in [5.74, 6) is -1.84. The van der Waals surface area contributed by atoms with E-state index in [4.69, 9.17) is 4.74 Å². The fourth-order valence-electron chi connectivity index (χ4n) is 3.81. The number of carbonyl (C=O) groups excluding carboxylic acids is 1. The molecule has 0 aliphatic heterocycles. The van der Waals surface area contributed by atoms with E-state index in [1.165, 1.54) is 16.7 Å². The Morgan fingerprint density at radius 2 is 1.89 bits per heavy atom. The third-order valence-corrected chi connectivity index (χ3v) is 5.84. The normalized spacial score (nSPS) is 11.7. The predicted molar refractivity (Wildman–Crippen MR) is 122 cm³/mol. The van der Waals surface area contributed by atoms with E-state index in [9.17, 15) is 23.8 Å². The lowest BCUT2D eigenvalue weighted by atomic mass is 9.94. The maximum Gasteiger partial charge on any atom is 0.271 e. The molecule has 0 aliphatic carbocycles. The summed E-state index contributed by atoms with van der Waals surface area (Å²) in [4.78, 5) is 17.8. The Hall–Kier alpha value is -3.83. The molecule has 4 aromatic rings. The van der Waals surface area contributed by atoms with Gasteiger partial charge >= 0.3 is 0 Å². The number of carbonyl (C=O) groups is 1. The Bertz CT molecular complexity index is 1340. The van der Waals surface area contributed by atoms with Crippen LogP contribution in [0.5, 0.6) is 5.75 Å². The third kappa shape index (κ3) is 4.47. The highest BCUT2D eigenvalue weighted by Gasteiger charge is 2.36. The zero-order valence-corrected chi connectivity index (χ0v) is 19.2. The number of benzene rings is 1. The van der Waals surface area contributed by atoms with Crippen LogP contribution in [0.1, 0.15) is 34.2 Å². The van der Waals surface area contributed by atoms with Crippen LogP contribution >= 0.6 is 0 Å². The molecule has 3 aromatic heterocycles. The summed E-state index contributed by atoms with van der Waals surface area (Å²) in [7, 11) is 0. The SMILES string of the molecule is CCn1cc(C(CO)(CO)NC(=O)c2c(C)nc3c(OCc4c(F)cccc4F)cccn23)cn1. The Balaban J connectivity index is 1.65. The van der Waals surface area contributed by atoms with Crippen molar-refractivity contribution >= 4 is 11.6 Å². The molecule has 0 unspecified atom stereocenters. The van der Waals surface area contributed by atoms with Gasteiger partial charge in [-0.05, 0) is 38.1 Å². The fourth-order valence-corrected chi connectivity index (χ4v) is 3.81. The van der Waals surface area contributed by atoms with Crippen LogP contribution in [0.15, 0.2) is 48.9 Å².